The molecule has 1 atom stereocenters. The van der Waals surface area contributed by atoms with Crippen LogP contribution in [0.1, 0.15) is 51.9 Å². The number of hydrogen-bond acceptors (Lipinski definition) is 6. The molecule has 0 radical (unpaired) electrons. The van der Waals surface area contributed by atoms with Gasteiger partial charge in [0.15, 0.2) is 0 Å². The van der Waals surface area contributed by atoms with Gasteiger partial charge in [0.2, 0.25) is 9.84 Å². The van der Waals surface area contributed by atoms with Gasteiger partial charge in [0.25, 0.3) is 5.16 Å². The van der Waals surface area contributed by atoms with Crippen LogP contribution in [-0.4, -0.2) is 45.1 Å². The van der Waals surface area contributed by atoms with Crippen molar-refractivity contribution >= 4 is 9.84 Å². The Morgan fingerprint density at radius 2 is 1.88 bits per heavy atom. The molecule has 3 rings (SSSR count). The highest BCUT2D eigenvalue weighted by atomic mass is 32.2. The maximum Gasteiger partial charge on any atom is 0.272 e. The zero-order chi connectivity index (χ0) is 18.6. The first-order valence-corrected chi connectivity index (χ1v) is 10.8. The summed E-state index contributed by atoms with van der Waals surface area (Å²) in [6.45, 7) is 1.73. The number of para-hydroxylation sites is 1. The summed E-state index contributed by atoms with van der Waals surface area (Å²) in [6, 6.07) is 8.92. The van der Waals surface area contributed by atoms with Crippen molar-refractivity contribution in [3.63, 3.8) is 0 Å². The van der Waals surface area contributed by atoms with E-state index in [1.807, 2.05) is 6.07 Å². The average molecular weight is 378 g/mol. The van der Waals surface area contributed by atoms with Crippen molar-refractivity contribution in [2.24, 2.45) is 5.92 Å². The number of sulfone groups is 1. The fraction of sp³-hybridized carbons (Fsp3) is 0.611. The van der Waals surface area contributed by atoms with Crippen molar-refractivity contribution in [1.82, 2.24) is 20.2 Å². The predicted molar refractivity (Wildman–Crippen MR) is 97.6 cm³/mol. The van der Waals surface area contributed by atoms with Crippen LogP contribution in [0.5, 0.6) is 0 Å². The smallest absolute Gasteiger partial charge is 0.272 e. The zero-order valence-electron chi connectivity index (χ0n) is 15.1. The summed E-state index contributed by atoms with van der Waals surface area (Å²) in [5, 5.41) is 21.5. The van der Waals surface area contributed by atoms with Gasteiger partial charge in [0, 0.05) is 0 Å². The lowest BCUT2D eigenvalue weighted by Crippen LogP contribution is -2.31. The van der Waals surface area contributed by atoms with Gasteiger partial charge >= 0.3 is 0 Å². The van der Waals surface area contributed by atoms with Crippen molar-refractivity contribution in [2.75, 3.05) is 5.75 Å². The Kier molecular flexibility index (Phi) is 5.72. The Hall–Kier alpha value is -1.80. The second-order valence-electron chi connectivity index (χ2n) is 7.48. The number of hydrogen-bond donors (Lipinski definition) is 1. The molecule has 1 N–H and O–H groups in total. The van der Waals surface area contributed by atoms with Crippen LogP contribution in [0.25, 0.3) is 5.69 Å². The Bertz CT molecular complexity index is 812. The molecule has 0 amide bonds. The molecule has 1 aliphatic rings. The van der Waals surface area contributed by atoms with E-state index in [2.05, 4.69) is 15.5 Å². The number of rotatable bonds is 7. The fourth-order valence-electron chi connectivity index (χ4n) is 3.66. The van der Waals surface area contributed by atoms with Gasteiger partial charge in [-0.2, -0.15) is 4.68 Å². The van der Waals surface area contributed by atoms with Gasteiger partial charge in [-0.3, -0.25) is 0 Å². The molecule has 0 aliphatic heterocycles. The van der Waals surface area contributed by atoms with Crippen LogP contribution in [0.15, 0.2) is 35.5 Å². The summed E-state index contributed by atoms with van der Waals surface area (Å²) < 4.78 is 26.7. The maximum absolute atomic E-state index is 12.8. The van der Waals surface area contributed by atoms with Gasteiger partial charge in [-0.1, -0.05) is 55.4 Å². The van der Waals surface area contributed by atoms with Gasteiger partial charge in [0.1, 0.15) is 0 Å². The van der Waals surface area contributed by atoms with Crippen LogP contribution in [0, 0.1) is 5.92 Å². The summed E-state index contributed by atoms with van der Waals surface area (Å²) in [5.74, 6) is 0.302. The molecule has 1 heterocycles. The average Bonchev–Trinajstić information content (AvgIpc) is 3.12. The predicted octanol–water partition coefficient (Wildman–Crippen LogP) is 2.55. The lowest BCUT2D eigenvalue weighted by atomic mass is 9.81. The minimum Gasteiger partial charge on any atom is -0.390 e. The van der Waals surface area contributed by atoms with Crippen LogP contribution in [-0.2, 0) is 9.84 Å². The Balaban J connectivity index is 1.69. The second-order valence-corrected chi connectivity index (χ2v) is 9.49. The molecular weight excluding hydrogens is 352 g/mol. The van der Waals surface area contributed by atoms with Crippen molar-refractivity contribution in [3.8, 4) is 5.69 Å². The molecule has 8 heteroatoms. The number of nitrogens with zero attached hydrogens (tertiary/aromatic N) is 4. The first-order chi connectivity index (χ1) is 12.4. The first kappa shape index (κ1) is 19.0. The van der Waals surface area contributed by atoms with E-state index in [1.165, 1.54) is 23.9 Å². The van der Waals surface area contributed by atoms with Crippen LogP contribution >= 0.6 is 0 Å². The second kappa shape index (κ2) is 7.84. The zero-order valence-corrected chi connectivity index (χ0v) is 15.9. The summed E-state index contributed by atoms with van der Waals surface area (Å²) in [4.78, 5) is 0. The van der Waals surface area contributed by atoms with E-state index in [1.54, 1.807) is 31.2 Å². The molecule has 1 aliphatic carbocycles. The third-order valence-electron chi connectivity index (χ3n) is 5.08. The maximum atomic E-state index is 12.8. The molecule has 0 bridgehead atoms. The molecule has 1 unspecified atom stereocenters. The molecule has 1 aromatic carbocycles. The number of tetrazole rings is 1. The van der Waals surface area contributed by atoms with E-state index in [0.29, 0.717) is 18.0 Å². The van der Waals surface area contributed by atoms with E-state index in [-0.39, 0.29) is 17.3 Å². The lowest BCUT2D eigenvalue weighted by Gasteiger charge is -2.30. The van der Waals surface area contributed by atoms with Crippen molar-refractivity contribution in [2.45, 2.75) is 62.6 Å². The van der Waals surface area contributed by atoms with Crippen molar-refractivity contribution < 1.29 is 13.5 Å². The number of aromatic nitrogens is 4. The van der Waals surface area contributed by atoms with Crippen LogP contribution in [0.3, 0.4) is 0 Å². The number of aliphatic hydroxyl groups is 1. The van der Waals surface area contributed by atoms with Crippen LogP contribution < -0.4 is 0 Å². The Morgan fingerprint density at radius 3 is 2.58 bits per heavy atom. The van der Waals surface area contributed by atoms with Crippen molar-refractivity contribution in [3.05, 3.63) is 30.3 Å². The van der Waals surface area contributed by atoms with E-state index in [4.69, 9.17) is 0 Å². The molecule has 0 spiro atoms. The molecular formula is C18H26N4O3S. The van der Waals surface area contributed by atoms with E-state index >= 15 is 0 Å². The monoisotopic (exact) mass is 378 g/mol. The summed E-state index contributed by atoms with van der Waals surface area (Å²) in [7, 11) is -3.70. The highest BCUT2D eigenvalue weighted by Crippen LogP contribution is 2.32. The topological polar surface area (TPSA) is 98.0 Å². The highest BCUT2D eigenvalue weighted by Gasteiger charge is 2.31. The Morgan fingerprint density at radius 1 is 1.19 bits per heavy atom. The molecule has 2 aromatic rings. The summed E-state index contributed by atoms with van der Waals surface area (Å²) in [6.07, 6.45) is 6.72. The molecule has 1 saturated carbocycles. The fourth-order valence-corrected chi connectivity index (χ4v) is 5.12. The first-order valence-electron chi connectivity index (χ1n) is 9.16. The van der Waals surface area contributed by atoms with Crippen LogP contribution in [0.4, 0.5) is 0 Å². The minimum atomic E-state index is -3.70. The third-order valence-corrected chi connectivity index (χ3v) is 6.63. The minimum absolute atomic E-state index is 0.174. The highest BCUT2D eigenvalue weighted by molar-refractivity contribution is 7.91. The largest absolute Gasteiger partial charge is 0.390 e. The molecule has 1 aromatic heterocycles. The standard InChI is InChI=1S/C18H26N4O3S/c1-18(23,14-15-8-4-2-5-9-15)12-13-26(24,25)17-19-20-21-22(17)16-10-6-3-7-11-16/h3,6-7,10-11,15,23H,2,4-5,8-9,12-14H2,1H3. The molecule has 7 nitrogen and oxygen atoms in total. The normalized spacial score (nSPS) is 18.5. The Labute approximate surface area is 154 Å². The van der Waals surface area contributed by atoms with E-state index in [0.717, 1.165) is 12.8 Å². The SMILES string of the molecule is CC(O)(CCS(=O)(=O)c1nnnn1-c1ccccc1)CC1CCCCC1. The van der Waals surface area contributed by atoms with Crippen molar-refractivity contribution in [1.29, 1.82) is 0 Å². The van der Waals surface area contributed by atoms with Gasteiger partial charge in [0.05, 0.1) is 17.0 Å². The van der Waals surface area contributed by atoms with E-state index < -0.39 is 15.4 Å². The summed E-state index contributed by atoms with van der Waals surface area (Å²) in [5.41, 5.74) is -0.412. The quantitative estimate of drug-likeness (QED) is 0.795. The molecule has 0 saturated heterocycles. The van der Waals surface area contributed by atoms with Gasteiger partial charge in [-0.15, -0.1) is 0 Å². The van der Waals surface area contributed by atoms with Crippen LogP contribution in [0.2, 0.25) is 0 Å². The van der Waals surface area contributed by atoms with Gasteiger partial charge < -0.3 is 5.11 Å². The summed E-state index contributed by atoms with van der Waals surface area (Å²) >= 11 is 0. The third kappa shape index (κ3) is 4.67. The van der Waals surface area contributed by atoms with Gasteiger partial charge in [-0.25, -0.2) is 8.42 Å². The number of benzene rings is 1. The molecule has 26 heavy (non-hydrogen) atoms. The van der Waals surface area contributed by atoms with Gasteiger partial charge in [-0.05, 0) is 48.2 Å². The molecule has 1 fully saturated rings. The van der Waals surface area contributed by atoms with E-state index in [9.17, 15) is 13.5 Å². The molecule has 142 valence electrons. The lowest BCUT2D eigenvalue weighted by molar-refractivity contribution is 0.0248.